The fourth-order valence-electron chi connectivity index (χ4n) is 1.48. The first-order valence-corrected chi connectivity index (χ1v) is 6.06. The lowest BCUT2D eigenvalue weighted by Gasteiger charge is -2.12. The Bertz CT molecular complexity index is 264. The quantitative estimate of drug-likeness (QED) is 0.686. The Morgan fingerprint density at radius 2 is 2.25 bits per heavy atom. The zero-order valence-electron chi connectivity index (χ0n) is 10.3. The monoisotopic (exact) mass is 222 g/mol. The summed E-state index contributed by atoms with van der Waals surface area (Å²) in [4.78, 5) is 4.31. The van der Waals surface area contributed by atoms with E-state index in [0.717, 1.165) is 38.3 Å². The van der Waals surface area contributed by atoms with E-state index in [4.69, 9.17) is 4.74 Å². The molecule has 0 saturated heterocycles. The second-order valence-electron chi connectivity index (χ2n) is 3.90. The van der Waals surface area contributed by atoms with Crippen molar-refractivity contribution in [2.45, 2.75) is 32.7 Å². The van der Waals surface area contributed by atoms with E-state index in [1.54, 1.807) is 0 Å². The predicted octanol–water partition coefficient (Wildman–Crippen LogP) is 2.55. The van der Waals surface area contributed by atoms with Crippen molar-refractivity contribution >= 4 is 0 Å². The third kappa shape index (κ3) is 5.24. The van der Waals surface area contributed by atoms with E-state index in [-0.39, 0.29) is 0 Å². The maximum atomic E-state index is 5.41. The molecule has 1 aromatic heterocycles. The molecule has 1 aromatic rings. The Balaban J connectivity index is 2.09. The standard InChI is InChI=1S/C13H22N2O/c1-3-10-16-11-6-9-14-12(2)13-7-4-5-8-15-13/h4-5,7-8,12,14H,3,6,9-11H2,1-2H3. The Hall–Kier alpha value is -0.930. The number of pyridine rings is 1. The molecule has 1 N–H and O–H groups in total. The highest BCUT2D eigenvalue weighted by Crippen LogP contribution is 2.07. The molecule has 3 nitrogen and oxygen atoms in total. The van der Waals surface area contributed by atoms with Crippen LogP contribution >= 0.6 is 0 Å². The first-order chi connectivity index (χ1) is 7.84. The molecule has 0 amide bonds. The number of rotatable bonds is 8. The normalized spacial score (nSPS) is 12.6. The minimum absolute atomic E-state index is 0.312. The average molecular weight is 222 g/mol. The smallest absolute Gasteiger partial charge is 0.0570 e. The molecular weight excluding hydrogens is 200 g/mol. The molecule has 0 aromatic carbocycles. The summed E-state index contributed by atoms with van der Waals surface area (Å²) in [7, 11) is 0. The third-order valence-electron chi connectivity index (χ3n) is 2.40. The van der Waals surface area contributed by atoms with Crippen molar-refractivity contribution in [3.63, 3.8) is 0 Å². The fraction of sp³-hybridized carbons (Fsp3) is 0.615. The largest absolute Gasteiger partial charge is 0.381 e. The Kier molecular flexibility index (Phi) is 6.77. The second kappa shape index (κ2) is 8.25. The van der Waals surface area contributed by atoms with Crippen LogP contribution in [-0.2, 0) is 4.74 Å². The molecule has 0 fully saturated rings. The number of hydrogen-bond donors (Lipinski definition) is 1. The van der Waals surface area contributed by atoms with Gasteiger partial charge >= 0.3 is 0 Å². The maximum Gasteiger partial charge on any atom is 0.0570 e. The summed E-state index contributed by atoms with van der Waals surface area (Å²) in [6, 6.07) is 6.32. The molecule has 1 atom stereocenters. The highest BCUT2D eigenvalue weighted by Gasteiger charge is 2.03. The fourth-order valence-corrected chi connectivity index (χ4v) is 1.48. The van der Waals surface area contributed by atoms with Crippen molar-refractivity contribution in [3.8, 4) is 0 Å². The SMILES string of the molecule is CCCOCCCNC(C)c1ccccn1. The van der Waals surface area contributed by atoms with Gasteiger partial charge in [-0.25, -0.2) is 0 Å². The number of ether oxygens (including phenoxy) is 1. The number of nitrogens with one attached hydrogen (secondary N) is 1. The number of aromatic nitrogens is 1. The number of hydrogen-bond acceptors (Lipinski definition) is 3. The van der Waals surface area contributed by atoms with Crippen LogP contribution in [0.5, 0.6) is 0 Å². The molecule has 0 bridgehead atoms. The third-order valence-corrected chi connectivity index (χ3v) is 2.40. The van der Waals surface area contributed by atoms with Gasteiger partial charge in [0.1, 0.15) is 0 Å². The molecule has 0 radical (unpaired) electrons. The Morgan fingerprint density at radius 3 is 2.94 bits per heavy atom. The van der Waals surface area contributed by atoms with Crippen LogP contribution < -0.4 is 5.32 Å². The summed E-state index contributed by atoms with van der Waals surface area (Å²) < 4.78 is 5.41. The Labute approximate surface area is 98.2 Å². The molecule has 1 heterocycles. The van der Waals surface area contributed by atoms with Gasteiger partial charge in [0, 0.05) is 25.5 Å². The van der Waals surface area contributed by atoms with Gasteiger partial charge in [0.05, 0.1) is 5.69 Å². The maximum absolute atomic E-state index is 5.41. The first kappa shape index (κ1) is 13.1. The Morgan fingerprint density at radius 1 is 1.38 bits per heavy atom. The molecule has 1 rings (SSSR count). The van der Waals surface area contributed by atoms with Crippen molar-refractivity contribution in [3.05, 3.63) is 30.1 Å². The van der Waals surface area contributed by atoms with E-state index in [1.807, 2.05) is 24.4 Å². The van der Waals surface area contributed by atoms with Crippen molar-refractivity contribution in [1.29, 1.82) is 0 Å². The summed E-state index contributed by atoms with van der Waals surface area (Å²) >= 11 is 0. The van der Waals surface area contributed by atoms with Gasteiger partial charge < -0.3 is 10.1 Å². The topological polar surface area (TPSA) is 34.1 Å². The van der Waals surface area contributed by atoms with Crippen LogP contribution in [0.25, 0.3) is 0 Å². The lowest BCUT2D eigenvalue weighted by molar-refractivity contribution is 0.131. The molecule has 16 heavy (non-hydrogen) atoms. The van der Waals surface area contributed by atoms with E-state index in [1.165, 1.54) is 0 Å². The second-order valence-corrected chi connectivity index (χ2v) is 3.90. The zero-order valence-corrected chi connectivity index (χ0v) is 10.3. The minimum Gasteiger partial charge on any atom is -0.381 e. The zero-order chi connectivity index (χ0) is 11.6. The van der Waals surface area contributed by atoms with Crippen molar-refractivity contribution in [2.75, 3.05) is 19.8 Å². The van der Waals surface area contributed by atoms with Crippen LogP contribution in [-0.4, -0.2) is 24.7 Å². The van der Waals surface area contributed by atoms with Crippen LogP contribution in [0, 0.1) is 0 Å². The van der Waals surface area contributed by atoms with Crippen molar-refractivity contribution in [2.24, 2.45) is 0 Å². The summed E-state index contributed by atoms with van der Waals surface area (Å²) in [5.74, 6) is 0. The van der Waals surface area contributed by atoms with Crippen molar-refractivity contribution in [1.82, 2.24) is 10.3 Å². The molecular formula is C13H22N2O. The molecule has 3 heteroatoms. The lowest BCUT2D eigenvalue weighted by Crippen LogP contribution is -2.21. The number of nitrogens with zero attached hydrogens (tertiary/aromatic N) is 1. The van der Waals surface area contributed by atoms with Gasteiger partial charge in [-0.3, -0.25) is 4.98 Å². The van der Waals surface area contributed by atoms with Crippen LogP contribution in [0.4, 0.5) is 0 Å². The van der Waals surface area contributed by atoms with Gasteiger partial charge in [0.25, 0.3) is 0 Å². The van der Waals surface area contributed by atoms with E-state index >= 15 is 0 Å². The van der Waals surface area contributed by atoms with Crippen LogP contribution in [0.15, 0.2) is 24.4 Å². The average Bonchev–Trinajstić information content (AvgIpc) is 2.34. The molecule has 0 aliphatic rings. The molecule has 0 spiro atoms. The van der Waals surface area contributed by atoms with E-state index in [2.05, 4.69) is 24.1 Å². The summed E-state index contributed by atoms with van der Waals surface area (Å²) in [6.07, 6.45) is 3.98. The van der Waals surface area contributed by atoms with E-state index < -0.39 is 0 Å². The van der Waals surface area contributed by atoms with E-state index in [9.17, 15) is 0 Å². The predicted molar refractivity (Wildman–Crippen MR) is 66.4 cm³/mol. The summed E-state index contributed by atoms with van der Waals surface area (Å²) in [5, 5.41) is 3.43. The highest BCUT2D eigenvalue weighted by molar-refractivity contribution is 5.07. The molecule has 0 saturated carbocycles. The van der Waals surface area contributed by atoms with Gasteiger partial charge in [0.15, 0.2) is 0 Å². The van der Waals surface area contributed by atoms with Crippen LogP contribution in [0.1, 0.15) is 38.4 Å². The van der Waals surface area contributed by atoms with Gasteiger partial charge in [0.2, 0.25) is 0 Å². The molecule has 1 unspecified atom stereocenters. The lowest BCUT2D eigenvalue weighted by atomic mass is 10.2. The first-order valence-electron chi connectivity index (χ1n) is 6.06. The van der Waals surface area contributed by atoms with Gasteiger partial charge in [-0.15, -0.1) is 0 Å². The van der Waals surface area contributed by atoms with Crippen LogP contribution in [0.3, 0.4) is 0 Å². The molecule has 0 aliphatic carbocycles. The molecule has 0 aliphatic heterocycles. The molecule has 90 valence electrons. The highest BCUT2D eigenvalue weighted by atomic mass is 16.5. The minimum atomic E-state index is 0.312. The summed E-state index contributed by atoms with van der Waals surface area (Å²) in [6.45, 7) is 6.95. The van der Waals surface area contributed by atoms with Gasteiger partial charge in [-0.1, -0.05) is 13.0 Å². The van der Waals surface area contributed by atoms with Gasteiger partial charge in [-0.2, -0.15) is 0 Å². The van der Waals surface area contributed by atoms with E-state index in [0.29, 0.717) is 6.04 Å². The van der Waals surface area contributed by atoms with Crippen molar-refractivity contribution < 1.29 is 4.74 Å². The van der Waals surface area contributed by atoms with Gasteiger partial charge in [-0.05, 0) is 38.4 Å². The summed E-state index contributed by atoms with van der Waals surface area (Å²) in [5.41, 5.74) is 1.09. The van der Waals surface area contributed by atoms with Crippen LogP contribution in [0.2, 0.25) is 0 Å².